The lowest BCUT2D eigenvalue weighted by atomic mass is 9.60. The number of rotatable bonds is 2. The number of Topliss-reactive ketones (excluding diaryl/α,β-unsaturated/α-hetero) is 1. The molecule has 5 rings (SSSR count). The van der Waals surface area contributed by atoms with Gasteiger partial charge in [-0.3, -0.25) is 4.79 Å². The molecule has 0 saturated carbocycles. The summed E-state index contributed by atoms with van der Waals surface area (Å²) in [5, 5.41) is 11.7. The summed E-state index contributed by atoms with van der Waals surface area (Å²) in [6.45, 7) is 4.63. The lowest BCUT2D eigenvalue weighted by Gasteiger charge is -2.48. The van der Waals surface area contributed by atoms with Crippen molar-refractivity contribution >= 4 is 15.8 Å². The zero-order valence-corrected chi connectivity index (χ0v) is 18.7. The highest BCUT2D eigenvalue weighted by atomic mass is 32.2. The SMILES string of the molecule is CC1(C)CC(=O)C2=C(C1)NC1=C(CN=N1)C21CCN(S(=O)(=O)c2cc(F)ccc2F)CC1. The number of dihydropyridines is 1. The van der Waals surface area contributed by atoms with Gasteiger partial charge in [-0.05, 0) is 42.9 Å². The van der Waals surface area contributed by atoms with E-state index in [4.69, 9.17) is 0 Å². The molecule has 3 heterocycles. The Kier molecular flexibility index (Phi) is 4.69. The van der Waals surface area contributed by atoms with E-state index in [-0.39, 0.29) is 24.3 Å². The fourth-order valence-electron chi connectivity index (χ4n) is 5.54. The van der Waals surface area contributed by atoms with Crippen LogP contribution < -0.4 is 5.32 Å². The van der Waals surface area contributed by atoms with Crippen molar-refractivity contribution in [1.82, 2.24) is 9.62 Å². The molecule has 0 radical (unpaired) electrons. The average Bonchev–Trinajstić information content (AvgIpc) is 3.18. The van der Waals surface area contributed by atoms with Gasteiger partial charge in [-0.15, -0.1) is 5.11 Å². The first-order chi connectivity index (χ1) is 15.0. The number of sulfonamides is 1. The van der Waals surface area contributed by atoms with Crippen molar-refractivity contribution in [2.75, 3.05) is 19.6 Å². The van der Waals surface area contributed by atoms with Crippen LogP contribution in [0, 0.1) is 22.5 Å². The first kappa shape index (κ1) is 21.4. The van der Waals surface area contributed by atoms with Crippen molar-refractivity contribution < 1.29 is 22.0 Å². The van der Waals surface area contributed by atoms with E-state index in [0.29, 0.717) is 44.1 Å². The molecule has 170 valence electrons. The number of carbonyl (C=O) groups excluding carboxylic acids is 1. The molecule has 0 aromatic heterocycles. The minimum atomic E-state index is -4.22. The van der Waals surface area contributed by atoms with Crippen LogP contribution in [0.2, 0.25) is 0 Å². The maximum atomic E-state index is 14.2. The topological polar surface area (TPSA) is 91.2 Å². The van der Waals surface area contributed by atoms with Gasteiger partial charge < -0.3 is 5.32 Å². The lowest BCUT2D eigenvalue weighted by Crippen LogP contribution is -2.50. The van der Waals surface area contributed by atoms with Gasteiger partial charge in [0.15, 0.2) is 11.6 Å². The van der Waals surface area contributed by atoms with Gasteiger partial charge in [0, 0.05) is 41.8 Å². The van der Waals surface area contributed by atoms with Gasteiger partial charge in [0.1, 0.15) is 16.5 Å². The van der Waals surface area contributed by atoms with Crippen LogP contribution in [0.1, 0.15) is 39.5 Å². The van der Waals surface area contributed by atoms with Crippen molar-refractivity contribution in [3.63, 3.8) is 0 Å². The molecule has 3 aliphatic heterocycles. The van der Waals surface area contributed by atoms with Crippen molar-refractivity contribution in [3.05, 3.63) is 52.5 Å². The van der Waals surface area contributed by atoms with Crippen LogP contribution in [0.25, 0.3) is 0 Å². The quantitative estimate of drug-likeness (QED) is 0.726. The predicted molar refractivity (Wildman–Crippen MR) is 112 cm³/mol. The second-order valence-electron chi connectivity index (χ2n) is 9.71. The highest BCUT2D eigenvalue weighted by Gasteiger charge is 2.53. The van der Waals surface area contributed by atoms with Crippen LogP contribution in [0.15, 0.2) is 56.0 Å². The molecular weight excluding hydrogens is 438 g/mol. The summed E-state index contributed by atoms with van der Waals surface area (Å²) in [5.74, 6) is -1.08. The maximum Gasteiger partial charge on any atom is 0.246 e. The molecule has 7 nitrogen and oxygen atoms in total. The minimum Gasteiger partial charge on any atom is -0.342 e. The number of halogens is 2. The van der Waals surface area contributed by atoms with Crippen LogP contribution in [-0.2, 0) is 14.8 Å². The second-order valence-corrected chi connectivity index (χ2v) is 11.6. The fourth-order valence-corrected chi connectivity index (χ4v) is 7.06. The fraction of sp³-hybridized carbons (Fsp3) is 0.500. The number of azo groups is 1. The summed E-state index contributed by atoms with van der Waals surface area (Å²) in [6.07, 6.45) is 1.83. The van der Waals surface area contributed by atoms with Gasteiger partial charge in [-0.25, -0.2) is 17.2 Å². The van der Waals surface area contributed by atoms with Crippen molar-refractivity contribution in [3.8, 4) is 0 Å². The Hall–Kier alpha value is -2.46. The van der Waals surface area contributed by atoms with Crippen LogP contribution in [0.3, 0.4) is 0 Å². The van der Waals surface area contributed by atoms with Gasteiger partial charge in [0.25, 0.3) is 0 Å². The average molecular weight is 463 g/mol. The number of hydrogen-bond donors (Lipinski definition) is 1. The van der Waals surface area contributed by atoms with Gasteiger partial charge in [-0.1, -0.05) is 13.8 Å². The molecule has 1 aromatic carbocycles. The summed E-state index contributed by atoms with van der Waals surface area (Å²) < 4.78 is 55.2. The summed E-state index contributed by atoms with van der Waals surface area (Å²) >= 11 is 0. The lowest BCUT2D eigenvalue weighted by molar-refractivity contribution is -0.119. The summed E-state index contributed by atoms with van der Waals surface area (Å²) in [5.41, 5.74) is 1.66. The molecule has 1 aromatic rings. The van der Waals surface area contributed by atoms with E-state index >= 15 is 0 Å². The molecule has 0 bridgehead atoms. The molecule has 1 fully saturated rings. The first-order valence-corrected chi connectivity index (χ1v) is 12.1. The molecule has 32 heavy (non-hydrogen) atoms. The van der Waals surface area contributed by atoms with Crippen molar-refractivity contribution in [1.29, 1.82) is 0 Å². The third kappa shape index (κ3) is 3.14. The highest BCUT2D eigenvalue weighted by Crippen LogP contribution is 2.55. The number of benzene rings is 1. The summed E-state index contributed by atoms with van der Waals surface area (Å²) in [4.78, 5) is 12.6. The summed E-state index contributed by atoms with van der Waals surface area (Å²) in [6, 6.07) is 2.42. The smallest absolute Gasteiger partial charge is 0.246 e. The number of nitrogens with zero attached hydrogens (tertiary/aromatic N) is 3. The monoisotopic (exact) mass is 462 g/mol. The Morgan fingerprint density at radius 1 is 1.12 bits per heavy atom. The molecule has 0 atom stereocenters. The molecule has 1 saturated heterocycles. The normalized spacial score (nSPS) is 24.6. The molecule has 1 spiro atoms. The summed E-state index contributed by atoms with van der Waals surface area (Å²) in [7, 11) is -4.22. The Labute approximate surface area is 185 Å². The zero-order valence-electron chi connectivity index (χ0n) is 17.9. The Morgan fingerprint density at radius 3 is 2.56 bits per heavy atom. The van der Waals surface area contributed by atoms with E-state index in [1.54, 1.807) is 0 Å². The van der Waals surface area contributed by atoms with Gasteiger partial charge in [0.05, 0.1) is 6.54 Å². The number of fused-ring (bicyclic) bond motifs is 2. The van der Waals surface area contributed by atoms with E-state index in [1.807, 2.05) is 13.8 Å². The molecule has 0 amide bonds. The predicted octanol–water partition coefficient (Wildman–Crippen LogP) is 3.66. The molecule has 0 unspecified atom stereocenters. The molecule has 4 aliphatic rings. The second kappa shape index (κ2) is 7.02. The van der Waals surface area contributed by atoms with E-state index in [0.717, 1.165) is 29.0 Å². The van der Waals surface area contributed by atoms with E-state index in [9.17, 15) is 22.0 Å². The van der Waals surface area contributed by atoms with E-state index in [1.165, 1.54) is 4.31 Å². The maximum absolute atomic E-state index is 14.2. The number of nitrogens with one attached hydrogen (secondary N) is 1. The minimum absolute atomic E-state index is 0.0645. The van der Waals surface area contributed by atoms with Crippen molar-refractivity contribution in [2.45, 2.75) is 44.4 Å². The van der Waals surface area contributed by atoms with Crippen LogP contribution >= 0.6 is 0 Å². The number of carbonyl (C=O) groups is 1. The van der Waals surface area contributed by atoms with Gasteiger partial charge in [-0.2, -0.15) is 9.42 Å². The molecule has 1 aliphatic carbocycles. The largest absolute Gasteiger partial charge is 0.342 e. The van der Waals surface area contributed by atoms with Gasteiger partial charge >= 0.3 is 0 Å². The van der Waals surface area contributed by atoms with Gasteiger partial charge in [0.2, 0.25) is 10.0 Å². The Morgan fingerprint density at radius 2 is 1.84 bits per heavy atom. The zero-order chi connectivity index (χ0) is 22.9. The standard InChI is InChI=1S/C22H24F2N4O3S/c1-21(2)10-16-19(17(29)11-21)22(14-12-25-27-20(14)26-16)5-7-28(8-6-22)32(30,31)18-9-13(23)3-4-15(18)24/h3-4,9,26H,5-8,10-12H2,1-2H3. The van der Waals surface area contributed by atoms with Crippen molar-refractivity contribution in [2.24, 2.45) is 21.1 Å². The highest BCUT2D eigenvalue weighted by molar-refractivity contribution is 7.89. The molecule has 1 N–H and O–H groups in total. The van der Waals surface area contributed by atoms with Crippen LogP contribution in [0.4, 0.5) is 8.78 Å². The third-order valence-corrected chi connectivity index (χ3v) is 8.89. The number of piperidine rings is 1. The number of allylic oxidation sites excluding steroid dienone is 2. The molecule has 10 heteroatoms. The number of ketones is 1. The van der Waals surface area contributed by atoms with E-state index < -0.39 is 32.0 Å². The van der Waals surface area contributed by atoms with Crippen LogP contribution in [0.5, 0.6) is 0 Å². The third-order valence-electron chi connectivity index (χ3n) is 6.97. The Bertz CT molecular complexity index is 1230. The molecular formula is C22H24F2N4O3S. The Balaban J connectivity index is 1.50. The van der Waals surface area contributed by atoms with Crippen LogP contribution in [-0.4, -0.2) is 38.1 Å². The number of hydrogen-bond acceptors (Lipinski definition) is 6. The van der Waals surface area contributed by atoms with E-state index in [2.05, 4.69) is 15.5 Å². The first-order valence-electron chi connectivity index (χ1n) is 10.6.